The average molecular weight is 249 g/mol. The molecule has 18 heavy (non-hydrogen) atoms. The van der Waals surface area contributed by atoms with Crippen LogP contribution >= 0.6 is 0 Å². The molecule has 1 saturated heterocycles. The highest BCUT2D eigenvalue weighted by atomic mass is 16.5. The number of nitrogens with one attached hydrogen (secondary N) is 1. The molecule has 1 heterocycles. The Morgan fingerprint density at radius 1 is 1.33 bits per heavy atom. The van der Waals surface area contributed by atoms with Gasteiger partial charge in [-0.15, -0.1) is 0 Å². The number of morpholine rings is 1. The van der Waals surface area contributed by atoms with E-state index in [1.54, 1.807) is 7.11 Å². The highest BCUT2D eigenvalue weighted by Gasteiger charge is 2.23. The number of hydrogen-bond acceptors (Lipinski definition) is 3. The fourth-order valence-electron chi connectivity index (χ4n) is 2.37. The van der Waals surface area contributed by atoms with Crippen molar-refractivity contribution in [2.24, 2.45) is 0 Å². The van der Waals surface area contributed by atoms with Gasteiger partial charge in [0.15, 0.2) is 0 Å². The Balaban J connectivity index is 2.31. The Morgan fingerprint density at radius 2 is 2.11 bits per heavy atom. The van der Waals surface area contributed by atoms with E-state index in [-0.39, 0.29) is 6.04 Å². The van der Waals surface area contributed by atoms with Crippen LogP contribution in [-0.4, -0.2) is 26.4 Å². The zero-order valence-corrected chi connectivity index (χ0v) is 11.7. The summed E-state index contributed by atoms with van der Waals surface area (Å²) in [4.78, 5) is 0. The van der Waals surface area contributed by atoms with E-state index in [2.05, 4.69) is 44.3 Å². The normalized spacial score (nSPS) is 24.3. The van der Waals surface area contributed by atoms with Crippen LogP contribution in [0, 0.1) is 0 Å². The second-order valence-electron chi connectivity index (χ2n) is 5.31. The largest absolute Gasteiger partial charge is 0.496 e. The first-order valence-electron chi connectivity index (χ1n) is 6.63. The molecule has 1 N–H and O–H groups in total. The molecule has 0 aliphatic carbocycles. The molecule has 3 nitrogen and oxygen atoms in total. The first-order chi connectivity index (χ1) is 8.61. The summed E-state index contributed by atoms with van der Waals surface area (Å²) in [6.45, 7) is 8.05. The lowest BCUT2D eigenvalue weighted by molar-refractivity contribution is 0.0496. The summed E-state index contributed by atoms with van der Waals surface area (Å²) in [6.07, 6.45) is 0. The van der Waals surface area contributed by atoms with Crippen molar-refractivity contribution in [3.63, 3.8) is 0 Å². The number of ether oxygens (including phenoxy) is 2. The quantitative estimate of drug-likeness (QED) is 0.893. The van der Waals surface area contributed by atoms with Crippen LogP contribution in [0.5, 0.6) is 5.75 Å². The van der Waals surface area contributed by atoms with Crippen molar-refractivity contribution in [1.82, 2.24) is 5.32 Å². The van der Waals surface area contributed by atoms with E-state index >= 15 is 0 Å². The molecule has 100 valence electrons. The van der Waals surface area contributed by atoms with E-state index in [0.717, 1.165) is 12.4 Å². The average Bonchev–Trinajstić information content (AvgIpc) is 2.38. The molecule has 0 amide bonds. The van der Waals surface area contributed by atoms with Gasteiger partial charge in [0, 0.05) is 11.6 Å². The van der Waals surface area contributed by atoms with Crippen molar-refractivity contribution < 1.29 is 9.47 Å². The topological polar surface area (TPSA) is 30.5 Å². The zero-order chi connectivity index (χ0) is 13.1. The molecule has 3 heteroatoms. The molecular formula is C15H23NO2. The number of rotatable bonds is 3. The Kier molecular flexibility index (Phi) is 4.25. The van der Waals surface area contributed by atoms with E-state index in [9.17, 15) is 0 Å². The van der Waals surface area contributed by atoms with Crippen LogP contribution in [-0.2, 0) is 4.74 Å². The Bertz CT molecular complexity index is 403. The predicted molar refractivity (Wildman–Crippen MR) is 73.2 cm³/mol. The summed E-state index contributed by atoms with van der Waals surface area (Å²) in [5, 5.41) is 3.57. The molecule has 1 aromatic rings. The summed E-state index contributed by atoms with van der Waals surface area (Å²) in [5.41, 5.74) is 2.54. The lowest BCUT2D eigenvalue weighted by Crippen LogP contribution is -2.41. The van der Waals surface area contributed by atoms with Crippen molar-refractivity contribution in [2.75, 3.05) is 20.3 Å². The van der Waals surface area contributed by atoms with Gasteiger partial charge >= 0.3 is 0 Å². The number of hydrogen-bond donors (Lipinski definition) is 1. The zero-order valence-electron chi connectivity index (χ0n) is 11.7. The van der Waals surface area contributed by atoms with Gasteiger partial charge in [0.05, 0.1) is 26.4 Å². The first-order valence-corrected chi connectivity index (χ1v) is 6.63. The van der Waals surface area contributed by atoms with Gasteiger partial charge < -0.3 is 14.8 Å². The summed E-state index contributed by atoms with van der Waals surface area (Å²) >= 11 is 0. The van der Waals surface area contributed by atoms with Gasteiger partial charge in [-0.25, -0.2) is 0 Å². The second kappa shape index (κ2) is 5.72. The molecular weight excluding hydrogens is 226 g/mol. The molecule has 1 aliphatic heterocycles. The Hall–Kier alpha value is -1.06. The molecule has 1 aromatic carbocycles. The molecule has 0 bridgehead atoms. The third-order valence-corrected chi connectivity index (χ3v) is 3.43. The van der Waals surface area contributed by atoms with Crippen molar-refractivity contribution in [3.05, 3.63) is 29.3 Å². The lowest BCUT2D eigenvalue weighted by atomic mass is 9.96. The minimum atomic E-state index is 0.224. The molecule has 2 atom stereocenters. The molecule has 0 spiro atoms. The Morgan fingerprint density at radius 3 is 2.72 bits per heavy atom. The Labute approximate surface area is 109 Å². The third-order valence-electron chi connectivity index (χ3n) is 3.43. The van der Waals surface area contributed by atoms with E-state index in [4.69, 9.17) is 9.47 Å². The van der Waals surface area contributed by atoms with Gasteiger partial charge in [-0.2, -0.15) is 0 Å². The highest BCUT2D eigenvalue weighted by Crippen LogP contribution is 2.30. The van der Waals surface area contributed by atoms with Crippen LogP contribution in [0.15, 0.2) is 18.2 Å². The smallest absolute Gasteiger partial charge is 0.123 e. The van der Waals surface area contributed by atoms with Gasteiger partial charge in [-0.05, 0) is 24.5 Å². The minimum Gasteiger partial charge on any atom is -0.496 e. The molecule has 1 fully saturated rings. The van der Waals surface area contributed by atoms with Crippen molar-refractivity contribution in [1.29, 1.82) is 0 Å². The van der Waals surface area contributed by atoms with Crippen LogP contribution in [0.3, 0.4) is 0 Å². The van der Waals surface area contributed by atoms with E-state index in [1.807, 2.05) is 0 Å². The van der Waals surface area contributed by atoms with Crippen LogP contribution < -0.4 is 10.1 Å². The maximum absolute atomic E-state index is 5.63. The highest BCUT2D eigenvalue weighted by molar-refractivity contribution is 5.40. The molecule has 0 radical (unpaired) electrons. The van der Waals surface area contributed by atoms with Crippen LogP contribution in [0.25, 0.3) is 0 Å². The first kappa shape index (κ1) is 13.4. The number of methoxy groups -OCH3 is 1. The SMILES string of the molecule is COc1ccc(C(C)C)cc1C1COCC(C)N1. The summed E-state index contributed by atoms with van der Waals surface area (Å²) in [7, 11) is 1.72. The van der Waals surface area contributed by atoms with Gasteiger partial charge in [0.25, 0.3) is 0 Å². The third kappa shape index (κ3) is 2.85. The van der Waals surface area contributed by atoms with Gasteiger partial charge in [-0.1, -0.05) is 26.0 Å². The molecule has 2 rings (SSSR count). The summed E-state index contributed by atoms with van der Waals surface area (Å²) < 4.78 is 11.1. The second-order valence-corrected chi connectivity index (χ2v) is 5.31. The molecule has 1 aliphatic rings. The molecule has 0 saturated carbocycles. The van der Waals surface area contributed by atoms with Crippen molar-refractivity contribution in [3.8, 4) is 5.75 Å². The minimum absolute atomic E-state index is 0.224. The lowest BCUT2D eigenvalue weighted by Gasteiger charge is -2.30. The monoisotopic (exact) mass is 249 g/mol. The van der Waals surface area contributed by atoms with E-state index < -0.39 is 0 Å². The standard InChI is InChI=1S/C15H23NO2/c1-10(2)12-5-6-15(17-4)13(7-12)14-9-18-8-11(3)16-14/h5-7,10-11,14,16H,8-9H2,1-4H3. The van der Waals surface area contributed by atoms with Crippen LogP contribution in [0.4, 0.5) is 0 Å². The predicted octanol–water partition coefficient (Wildman–Crippen LogP) is 2.87. The maximum Gasteiger partial charge on any atom is 0.123 e. The molecule has 2 unspecified atom stereocenters. The van der Waals surface area contributed by atoms with Gasteiger partial charge in [0.2, 0.25) is 0 Å². The van der Waals surface area contributed by atoms with Gasteiger partial charge in [-0.3, -0.25) is 0 Å². The van der Waals surface area contributed by atoms with Crippen LogP contribution in [0.1, 0.15) is 43.9 Å². The summed E-state index contributed by atoms with van der Waals surface area (Å²) in [6, 6.07) is 7.05. The fraction of sp³-hybridized carbons (Fsp3) is 0.600. The molecule has 0 aromatic heterocycles. The van der Waals surface area contributed by atoms with Crippen molar-refractivity contribution >= 4 is 0 Å². The maximum atomic E-state index is 5.63. The fourth-order valence-corrected chi connectivity index (χ4v) is 2.37. The summed E-state index contributed by atoms with van der Waals surface area (Å²) in [5.74, 6) is 1.46. The van der Waals surface area contributed by atoms with Crippen molar-refractivity contribution in [2.45, 2.75) is 38.8 Å². The van der Waals surface area contributed by atoms with E-state index in [0.29, 0.717) is 18.6 Å². The number of benzene rings is 1. The van der Waals surface area contributed by atoms with Crippen LogP contribution in [0.2, 0.25) is 0 Å². The van der Waals surface area contributed by atoms with E-state index in [1.165, 1.54) is 11.1 Å². The van der Waals surface area contributed by atoms with Gasteiger partial charge in [0.1, 0.15) is 5.75 Å².